The molecule has 0 atom stereocenters. The second-order valence-corrected chi connectivity index (χ2v) is 8.47. The van der Waals surface area contributed by atoms with Crippen LogP contribution in [-0.2, 0) is 21.7 Å². The van der Waals surface area contributed by atoms with Gasteiger partial charge in [0.15, 0.2) is 17.3 Å². The van der Waals surface area contributed by atoms with Crippen LogP contribution < -0.4 is 9.64 Å². The van der Waals surface area contributed by atoms with Crippen molar-refractivity contribution in [2.45, 2.75) is 11.1 Å². The summed E-state index contributed by atoms with van der Waals surface area (Å²) < 4.78 is 67.3. The Hall–Kier alpha value is -3.34. The lowest BCUT2D eigenvalue weighted by Crippen LogP contribution is -2.50. The first-order valence-electron chi connectivity index (χ1n) is 10.1. The zero-order valence-electron chi connectivity index (χ0n) is 17.3. The van der Waals surface area contributed by atoms with Crippen molar-refractivity contribution in [2.75, 3.05) is 37.7 Å². The topological polar surface area (TPSA) is 79.8 Å². The van der Waals surface area contributed by atoms with Gasteiger partial charge in [-0.3, -0.25) is 9.78 Å². The van der Waals surface area contributed by atoms with Crippen molar-refractivity contribution in [3.8, 4) is 5.75 Å². The van der Waals surface area contributed by atoms with Crippen LogP contribution in [0, 0.1) is 0 Å². The number of alkyl halides is 3. The van der Waals surface area contributed by atoms with Crippen molar-refractivity contribution < 1.29 is 31.1 Å². The lowest BCUT2D eigenvalue weighted by atomic mass is 10.1. The van der Waals surface area contributed by atoms with E-state index in [0.717, 1.165) is 11.8 Å². The number of amides is 1. The minimum atomic E-state index is -4.55. The number of halogens is 3. The second kappa shape index (κ2) is 9.26. The van der Waals surface area contributed by atoms with Crippen LogP contribution in [0.5, 0.6) is 5.75 Å². The van der Waals surface area contributed by atoms with Gasteiger partial charge in [-0.25, -0.2) is 8.42 Å². The average molecular weight is 479 g/mol. The van der Waals surface area contributed by atoms with Gasteiger partial charge in [0.1, 0.15) is 5.75 Å². The lowest BCUT2D eigenvalue weighted by molar-refractivity contribution is -0.136. The summed E-state index contributed by atoms with van der Waals surface area (Å²) in [6, 6.07) is 11.7. The number of carbonyl (C=O) groups excluding carboxylic acids is 1. The number of aromatic nitrogens is 1. The lowest BCUT2D eigenvalue weighted by Gasteiger charge is -2.36. The maximum absolute atomic E-state index is 13.2. The molecule has 2 heterocycles. The maximum atomic E-state index is 13.2. The van der Waals surface area contributed by atoms with Crippen molar-refractivity contribution in [1.29, 1.82) is 0 Å². The van der Waals surface area contributed by atoms with E-state index in [1.165, 1.54) is 36.5 Å². The van der Waals surface area contributed by atoms with E-state index >= 15 is 0 Å². The second-order valence-electron chi connectivity index (χ2n) is 7.44. The van der Waals surface area contributed by atoms with Crippen LogP contribution in [-0.4, -0.2) is 57.0 Å². The monoisotopic (exact) mass is 479 g/mol. The number of carbonyl (C=O) groups is 1. The number of rotatable bonds is 5. The number of hydrogen-bond acceptors (Lipinski definition) is 6. The summed E-state index contributed by atoms with van der Waals surface area (Å²) in [7, 11) is -2.63. The molecule has 4 rings (SSSR count). The number of fused-ring (bicyclic) bond motifs is 1. The highest BCUT2D eigenvalue weighted by Gasteiger charge is 2.33. The van der Waals surface area contributed by atoms with Gasteiger partial charge in [-0.15, -0.1) is 0 Å². The fourth-order valence-electron chi connectivity index (χ4n) is 3.74. The van der Waals surface area contributed by atoms with Crippen LogP contribution in [0.25, 0.3) is 10.9 Å². The number of thiol groups is 1. The maximum Gasteiger partial charge on any atom is 0.418 e. The molecule has 174 valence electrons. The first-order chi connectivity index (χ1) is 15.7. The van der Waals surface area contributed by atoms with Gasteiger partial charge in [-0.1, -0.05) is 6.07 Å². The van der Waals surface area contributed by atoms with E-state index in [0.29, 0.717) is 26.2 Å². The first-order valence-corrected chi connectivity index (χ1v) is 11.3. The Labute approximate surface area is 189 Å². The summed E-state index contributed by atoms with van der Waals surface area (Å²) >= 11 is 0. The number of piperazine rings is 1. The molecule has 0 spiro atoms. The Morgan fingerprint density at radius 2 is 1.70 bits per heavy atom. The number of para-hydroxylation sites is 1. The van der Waals surface area contributed by atoms with Crippen LogP contribution in [0.1, 0.15) is 5.56 Å². The Morgan fingerprint density at radius 3 is 2.33 bits per heavy atom. The largest absolute Gasteiger partial charge is 0.483 e. The van der Waals surface area contributed by atoms with Crippen molar-refractivity contribution in [3.63, 3.8) is 0 Å². The smallest absolute Gasteiger partial charge is 0.418 e. The van der Waals surface area contributed by atoms with Gasteiger partial charge in [0.2, 0.25) is 0 Å². The van der Waals surface area contributed by atoms with Gasteiger partial charge in [0.05, 0.1) is 16.0 Å². The number of nitrogens with zero attached hydrogens (tertiary/aromatic N) is 3. The minimum absolute atomic E-state index is 0.162. The molecular weight excluding hydrogens is 459 g/mol. The molecule has 0 bridgehead atoms. The molecule has 0 aliphatic carbocycles. The van der Waals surface area contributed by atoms with Crippen LogP contribution in [0.3, 0.4) is 0 Å². The van der Waals surface area contributed by atoms with Gasteiger partial charge in [0.25, 0.3) is 5.91 Å². The molecule has 2 aromatic carbocycles. The summed E-state index contributed by atoms with van der Waals surface area (Å²) in [5, 5.41) is 0.188. The summed E-state index contributed by atoms with van der Waals surface area (Å²) in [5.41, 5.74) is -0.221. The number of benzene rings is 2. The highest BCUT2D eigenvalue weighted by molar-refractivity contribution is 7.72. The van der Waals surface area contributed by atoms with Gasteiger partial charge < -0.3 is 14.5 Å². The van der Waals surface area contributed by atoms with Gasteiger partial charge in [-0.05, 0) is 42.5 Å². The van der Waals surface area contributed by atoms with Crippen LogP contribution in [0.15, 0.2) is 59.6 Å². The van der Waals surface area contributed by atoms with Gasteiger partial charge >= 0.3 is 6.18 Å². The standard InChI is InChI=1S/C22H20F3N3O4S/c23-22(24,25)18-3-1-2-17-19(8-9-26-21(17)18)32-14-20(29)28-12-10-27(11-13-28)15-4-6-16(7-5-15)33(30)31/h1-9,33H,10-14H2. The third-order valence-electron chi connectivity index (χ3n) is 5.45. The van der Waals surface area contributed by atoms with Crippen LogP contribution >= 0.6 is 0 Å². The van der Waals surface area contributed by atoms with E-state index < -0.39 is 22.4 Å². The zero-order valence-corrected chi connectivity index (χ0v) is 18.2. The highest BCUT2D eigenvalue weighted by Crippen LogP contribution is 2.36. The normalized spacial score (nSPS) is 14.7. The summed E-state index contributed by atoms with van der Waals surface area (Å²) in [6.07, 6.45) is -3.32. The molecule has 0 saturated carbocycles. The van der Waals surface area contributed by atoms with E-state index in [4.69, 9.17) is 4.74 Å². The van der Waals surface area contributed by atoms with E-state index in [1.54, 1.807) is 17.0 Å². The Balaban J connectivity index is 1.38. The number of ether oxygens (including phenoxy) is 1. The molecule has 0 radical (unpaired) electrons. The van der Waals surface area contributed by atoms with Crippen molar-refractivity contribution >= 4 is 33.2 Å². The molecule has 1 saturated heterocycles. The molecule has 11 heteroatoms. The zero-order chi connectivity index (χ0) is 23.6. The Morgan fingerprint density at radius 1 is 1.00 bits per heavy atom. The van der Waals surface area contributed by atoms with E-state index in [9.17, 15) is 26.4 Å². The first kappa shape index (κ1) is 22.8. The molecule has 3 aromatic rings. The summed E-state index contributed by atoms with van der Waals surface area (Å²) in [6.45, 7) is 1.69. The fraction of sp³-hybridized carbons (Fsp3) is 0.273. The molecule has 7 nitrogen and oxygen atoms in total. The predicted molar refractivity (Wildman–Crippen MR) is 116 cm³/mol. The molecule has 1 aliphatic heterocycles. The van der Waals surface area contributed by atoms with Crippen LogP contribution in [0.4, 0.5) is 18.9 Å². The third kappa shape index (κ3) is 5.03. The summed E-state index contributed by atoms with van der Waals surface area (Å²) in [5.74, 6) is -0.111. The van der Waals surface area contributed by atoms with Gasteiger partial charge in [-0.2, -0.15) is 13.2 Å². The molecule has 33 heavy (non-hydrogen) atoms. The van der Waals surface area contributed by atoms with Crippen LogP contribution in [0.2, 0.25) is 0 Å². The molecular formula is C22H20F3N3O4S. The number of hydrogen-bond donors (Lipinski definition) is 1. The SMILES string of the molecule is O=C(COc1ccnc2c(C(F)(F)F)cccc12)N1CCN(c2ccc([SH](=O)=O)cc2)CC1. The molecule has 0 unspecified atom stereocenters. The predicted octanol–water partition coefficient (Wildman–Crippen LogP) is 2.95. The van der Waals surface area contributed by atoms with Crippen molar-refractivity contribution in [1.82, 2.24) is 9.88 Å². The quantitative estimate of drug-likeness (QED) is 0.567. The number of pyridine rings is 1. The molecule has 1 amide bonds. The fourth-order valence-corrected chi connectivity index (χ4v) is 4.13. The van der Waals surface area contributed by atoms with E-state index in [2.05, 4.69) is 4.98 Å². The minimum Gasteiger partial charge on any atom is -0.483 e. The molecule has 1 aliphatic rings. The Bertz CT molecular complexity index is 1230. The van der Waals surface area contributed by atoms with Crippen molar-refractivity contribution in [3.05, 3.63) is 60.3 Å². The molecule has 1 fully saturated rings. The average Bonchev–Trinajstić information content (AvgIpc) is 2.81. The third-order valence-corrected chi connectivity index (χ3v) is 6.17. The van der Waals surface area contributed by atoms with Crippen molar-refractivity contribution in [2.24, 2.45) is 0 Å². The van der Waals surface area contributed by atoms with Gasteiger partial charge in [0, 0.05) is 43.4 Å². The van der Waals surface area contributed by atoms with E-state index in [-0.39, 0.29) is 34.1 Å². The molecule has 0 N–H and O–H groups in total. The Kier molecular flexibility index (Phi) is 6.41. The van der Waals surface area contributed by atoms with E-state index in [1.807, 2.05) is 4.90 Å². The number of anilines is 1. The highest BCUT2D eigenvalue weighted by atomic mass is 32.2. The summed E-state index contributed by atoms with van der Waals surface area (Å²) in [4.78, 5) is 20.4. The molecule has 1 aromatic heterocycles.